The number of rotatable bonds is 9. The molecule has 0 aliphatic carbocycles. The van der Waals surface area contributed by atoms with E-state index in [1.807, 2.05) is 44.2 Å². The third-order valence-electron chi connectivity index (χ3n) is 4.30. The second-order valence-corrected chi connectivity index (χ2v) is 6.43. The number of hydrogen-bond acceptors (Lipinski definition) is 5. The fraction of sp³-hybridized carbons (Fsp3) is 0.240. The second-order valence-electron chi connectivity index (χ2n) is 6.43. The summed E-state index contributed by atoms with van der Waals surface area (Å²) in [5.41, 5.74) is 9.21. The first kappa shape index (κ1) is 23.0. The van der Waals surface area contributed by atoms with Crippen molar-refractivity contribution in [2.45, 2.75) is 26.8 Å². The van der Waals surface area contributed by atoms with Gasteiger partial charge in [0, 0.05) is 6.54 Å². The van der Waals surface area contributed by atoms with Crippen LogP contribution in [0.15, 0.2) is 73.4 Å². The highest BCUT2D eigenvalue weighted by molar-refractivity contribution is 5.56. The second kappa shape index (κ2) is 12.3. The number of aromatic nitrogens is 1. The Bertz CT molecular complexity index is 889. The average molecular weight is 406 g/mol. The first-order valence-corrected chi connectivity index (χ1v) is 10.2. The van der Waals surface area contributed by atoms with Crippen LogP contribution in [0.2, 0.25) is 0 Å². The predicted octanol–water partition coefficient (Wildman–Crippen LogP) is 5.17. The lowest BCUT2D eigenvalue weighted by atomic mass is 10.1. The fourth-order valence-electron chi connectivity index (χ4n) is 2.70. The Morgan fingerprint density at radius 2 is 1.50 bits per heavy atom. The van der Waals surface area contributed by atoms with Crippen LogP contribution in [-0.2, 0) is 13.0 Å². The number of pyridine rings is 1. The summed E-state index contributed by atoms with van der Waals surface area (Å²) in [6.45, 7) is 9.39. The van der Waals surface area contributed by atoms with E-state index < -0.39 is 0 Å². The zero-order valence-electron chi connectivity index (χ0n) is 18.0. The molecule has 3 rings (SSSR count). The zero-order chi connectivity index (χ0) is 21.8. The normalized spacial score (nSPS) is 9.97. The van der Waals surface area contributed by atoms with Gasteiger partial charge in [-0.05, 0) is 60.5 Å². The Labute approximate surface area is 179 Å². The average Bonchev–Trinajstić information content (AvgIpc) is 2.80. The molecule has 0 aliphatic heterocycles. The molecule has 0 unspecified atom stereocenters. The summed E-state index contributed by atoms with van der Waals surface area (Å²) in [6.07, 6.45) is 2.62. The maximum atomic E-state index is 5.81. The summed E-state index contributed by atoms with van der Waals surface area (Å²) in [5.74, 6) is 2.31. The molecule has 0 atom stereocenters. The van der Waals surface area contributed by atoms with Crippen molar-refractivity contribution in [3.8, 4) is 17.2 Å². The molecule has 158 valence electrons. The summed E-state index contributed by atoms with van der Waals surface area (Å²) >= 11 is 0. The van der Waals surface area contributed by atoms with Crippen LogP contribution in [0.25, 0.3) is 5.70 Å². The van der Waals surface area contributed by atoms with Gasteiger partial charge in [0.25, 0.3) is 0 Å². The molecule has 5 nitrogen and oxygen atoms in total. The first-order valence-electron chi connectivity index (χ1n) is 10.2. The molecule has 3 N–H and O–H groups in total. The Kier molecular flexibility index (Phi) is 9.42. The van der Waals surface area contributed by atoms with E-state index in [2.05, 4.69) is 41.1 Å². The highest BCUT2D eigenvalue weighted by Gasteiger charge is 2.01. The van der Waals surface area contributed by atoms with E-state index in [1.165, 1.54) is 11.1 Å². The summed E-state index contributed by atoms with van der Waals surface area (Å²) in [5, 5.41) is 3.46. The van der Waals surface area contributed by atoms with E-state index in [1.54, 1.807) is 19.4 Å². The van der Waals surface area contributed by atoms with E-state index in [0.29, 0.717) is 17.1 Å². The SMILES string of the molecule is C=C(N)c1ccc(Oc2ccc(CNCCc3ccc(OC)cc3)cc2)cn1.CC. The Morgan fingerprint density at radius 3 is 2.07 bits per heavy atom. The maximum absolute atomic E-state index is 5.81. The van der Waals surface area contributed by atoms with Crippen LogP contribution in [0.4, 0.5) is 0 Å². The van der Waals surface area contributed by atoms with Crippen LogP contribution in [0.5, 0.6) is 17.2 Å². The van der Waals surface area contributed by atoms with Gasteiger partial charge < -0.3 is 20.5 Å². The van der Waals surface area contributed by atoms with E-state index in [-0.39, 0.29) is 0 Å². The monoisotopic (exact) mass is 405 g/mol. The molecule has 2 aromatic carbocycles. The molecule has 0 aliphatic rings. The lowest BCUT2D eigenvalue weighted by Gasteiger charge is -2.09. The van der Waals surface area contributed by atoms with Gasteiger partial charge >= 0.3 is 0 Å². The molecule has 0 amide bonds. The molecule has 1 heterocycles. The van der Waals surface area contributed by atoms with E-state index in [4.69, 9.17) is 15.2 Å². The molecule has 0 saturated heterocycles. The first-order chi connectivity index (χ1) is 14.6. The molecule has 3 aromatic rings. The number of nitrogens with zero attached hydrogens (tertiary/aromatic N) is 1. The van der Waals surface area contributed by atoms with Crippen molar-refractivity contribution in [3.63, 3.8) is 0 Å². The van der Waals surface area contributed by atoms with Crippen molar-refractivity contribution < 1.29 is 9.47 Å². The largest absolute Gasteiger partial charge is 0.497 e. The van der Waals surface area contributed by atoms with Gasteiger partial charge in [0.15, 0.2) is 0 Å². The Hall–Kier alpha value is -3.31. The minimum atomic E-state index is 0.440. The predicted molar refractivity (Wildman–Crippen MR) is 124 cm³/mol. The molecule has 0 radical (unpaired) electrons. The van der Waals surface area contributed by atoms with Crippen molar-refractivity contribution in [1.29, 1.82) is 0 Å². The zero-order valence-corrected chi connectivity index (χ0v) is 18.0. The van der Waals surface area contributed by atoms with Crippen LogP contribution in [-0.4, -0.2) is 18.6 Å². The molecule has 0 fully saturated rings. The number of nitrogens with two attached hydrogens (primary N) is 1. The topological polar surface area (TPSA) is 69.4 Å². The van der Waals surface area contributed by atoms with Gasteiger partial charge in [0.05, 0.1) is 24.7 Å². The fourth-order valence-corrected chi connectivity index (χ4v) is 2.70. The number of nitrogens with one attached hydrogen (secondary N) is 1. The number of hydrogen-bond donors (Lipinski definition) is 2. The van der Waals surface area contributed by atoms with Crippen LogP contribution in [0.3, 0.4) is 0 Å². The van der Waals surface area contributed by atoms with E-state index in [0.717, 1.165) is 31.0 Å². The standard InChI is InChI=1S/C23H25N3O2.C2H6/c1-17(24)23-12-11-22(16-26-23)28-21-9-5-19(6-10-21)15-25-14-13-18-3-7-20(27-2)8-4-18;1-2/h3-12,16,25H,1,13-15,24H2,2H3;1-2H3. The van der Waals surface area contributed by atoms with E-state index in [9.17, 15) is 0 Å². The van der Waals surface area contributed by atoms with Crippen LogP contribution >= 0.6 is 0 Å². The van der Waals surface area contributed by atoms with Gasteiger partial charge in [-0.15, -0.1) is 0 Å². The van der Waals surface area contributed by atoms with Gasteiger partial charge in [0.2, 0.25) is 0 Å². The molecule has 0 spiro atoms. The highest BCUT2D eigenvalue weighted by atomic mass is 16.5. The molecule has 1 aromatic heterocycles. The summed E-state index contributed by atoms with van der Waals surface area (Å²) in [4.78, 5) is 4.21. The van der Waals surface area contributed by atoms with Crippen LogP contribution in [0, 0.1) is 0 Å². The molecule has 0 saturated carbocycles. The van der Waals surface area contributed by atoms with E-state index >= 15 is 0 Å². The van der Waals surface area contributed by atoms with Crippen molar-refractivity contribution in [1.82, 2.24) is 10.3 Å². The molecule has 30 heavy (non-hydrogen) atoms. The quantitative estimate of drug-likeness (QED) is 0.481. The molecule has 0 bridgehead atoms. The van der Waals surface area contributed by atoms with Crippen molar-refractivity contribution in [2.75, 3.05) is 13.7 Å². The van der Waals surface area contributed by atoms with Gasteiger partial charge in [-0.3, -0.25) is 4.98 Å². The Morgan fingerprint density at radius 1 is 0.900 bits per heavy atom. The van der Waals surface area contributed by atoms with Crippen molar-refractivity contribution in [2.24, 2.45) is 5.73 Å². The molecular formula is C25H31N3O2. The van der Waals surface area contributed by atoms with Crippen molar-refractivity contribution >= 4 is 5.70 Å². The van der Waals surface area contributed by atoms with Gasteiger partial charge in [-0.2, -0.15) is 0 Å². The lowest BCUT2D eigenvalue weighted by molar-refractivity contribution is 0.414. The summed E-state index contributed by atoms with van der Waals surface area (Å²) < 4.78 is 11.0. The third-order valence-corrected chi connectivity index (χ3v) is 4.30. The van der Waals surface area contributed by atoms with Crippen molar-refractivity contribution in [3.05, 3.63) is 90.3 Å². The van der Waals surface area contributed by atoms with Gasteiger partial charge in [0.1, 0.15) is 17.2 Å². The minimum absolute atomic E-state index is 0.440. The number of ether oxygens (including phenoxy) is 2. The highest BCUT2D eigenvalue weighted by Crippen LogP contribution is 2.21. The van der Waals surface area contributed by atoms with Crippen LogP contribution in [0.1, 0.15) is 30.7 Å². The van der Waals surface area contributed by atoms with Crippen LogP contribution < -0.4 is 20.5 Å². The lowest BCUT2D eigenvalue weighted by Crippen LogP contribution is -2.16. The molecular weight excluding hydrogens is 374 g/mol. The van der Waals surface area contributed by atoms with Gasteiger partial charge in [-0.1, -0.05) is 44.7 Å². The molecule has 5 heteroatoms. The van der Waals surface area contributed by atoms with Gasteiger partial charge in [-0.25, -0.2) is 0 Å². The Balaban J connectivity index is 0.00000155. The summed E-state index contributed by atoms with van der Waals surface area (Å²) in [7, 11) is 1.68. The number of benzene rings is 2. The minimum Gasteiger partial charge on any atom is -0.497 e. The maximum Gasteiger partial charge on any atom is 0.145 e. The number of methoxy groups -OCH3 is 1. The third kappa shape index (κ3) is 7.26. The smallest absolute Gasteiger partial charge is 0.145 e. The summed E-state index contributed by atoms with van der Waals surface area (Å²) in [6, 6.07) is 19.8.